The van der Waals surface area contributed by atoms with Crippen molar-refractivity contribution in [2.24, 2.45) is 5.41 Å². The van der Waals surface area contributed by atoms with Gasteiger partial charge in [-0.3, -0.25) is 9.78 Å². The molecule has 0 aromatic carbocycles. The Morgan fingerprint density at radius 2 is 1.87 bits per heavy atom. The Kier molecular flexibility index (Phi) is 3.58. The van der Waals surface area contributed by atoms with E-state index in [-0.39, 0.29) is 6.42 Å². The molecule has 0 unspecified atom stereocenters. The van der Waals surface area contributed by atoms with E-state index >= 15 is 0 Å². The van der Waals surface area contributed by atoms with Crippen LogP contribution in [-0.2, 0) is 11.2 Å². The zero-order valence-corrected chi connectivity index (χ0v) is 9.93. The Bertz CT molecular complexity index is 371. The summed E-state index contributed by atoms with van der Waals surface area (Å²) in [5.41, 5.74) is -0.269. The van der Waals surface area contributed by atoms with Gasteiger partial charge in [-0.05, 0) is 25.8 Å². The van der Waals surface area contributed by atoms with Crippen LogP contribution in [0.1, 0.15) is 19.4 Å². The molecule has 3 nitrogen and oxygen atoms in total. The number of halogens is 2. The first kappa shape index (κ1) is 12.3. The molecule has 1 heterocycles. The fourth-order valence-corrected chi connectivity index (χ4v) is 1.62. The Balaban J connectivity index is 3.04. The maximum absolute atomic E-state index is 10.9. The van der Waals surface area contributed by atoms with Crippen LogP contribution in [-0.4, -0.2) is 16.1 Å². The van der Waals surface area contributed by atoms with Crippen molar-refractivity contribution in [3.63, 3.8) is 0 Å². The first-order chi connectivity index (χ1) is 6.84. The minimum absolute atomic E-state index is 0.280. The molecule has 0 amide bonds. The summed E-state index contributed by atoms with van der Waals surface area (Å²) in [6, 6.07) is 0. The number of carboxylic acids is 1. The molecule has 0 spiro atoms. The van der Waals surface area contributed by atoms with Gasteiger partial charge < -0.3 is 5.11 Å². The molecule has 0 fully saturated rings. The lowest BCUT2D eigenvalue weighted by atomic mass is 9.86. The molecule has 15 heavy (non-hydrogen) atoms. The number of aliphatic carboxylic acids is 1. The highest BCUT2D eigenvalue weighted by Gasteiger charge is 2.29. The maximum atomic E-state index is 10.9. The van der Waals surface area contributed by atoms with Crippen molar-refractivity contribution in [2.75, 3.05) is 0 Å². The van der Waals surface area contributed by atoms with Gasteiger partial charge >= 0.3 is 5.97 Å². The number of hydrogen-bond acceptors (Lipinski definition) is 2. The van der Waals surface area contributed by atoms with Crippen molar-refractivity contribution in [3.05, 3.63) is 28.0 Å². The molecule has 0 aliphatic rings. The van der Waals surface area contributed by atoms with E-state index in [0.29, 0.717) is 15.6 Å². The number of hydrogen-bond donors (Lipinski definition) is 1. The summed E-state index contributed by atoms with van der Waals surface area (Å²) in [5.74, 6) is -0.883. The predicted octanol–water partition coefficient (Wildman–Crippen LogP) is 3.04. The molecule has 0 bridgehead atoms. The van der Waals surface area contributed by atoms with Gasteiger partial charge in [-0.25, -0.2) is 0 Å². The summed E-state index contributed by atoms with van der Waals surface area (Å²) in [7, 11) is 0. The van der Waals surface area contributed by atoms with Crippen LogP contribution in [0.3, 0.4) is 0 Å². The monoisotopic (exact) mass is 247 g/mol. The molecule has 0 saturated heterocycles. The van der Waals surface area contributed by atoms with Crippen LogP contribution in [0.2, 0.25) is 10.0 Å². The van der Waals surface area contributed by atoms with Gasteiger partial charge in [0.05, 0.1) is 15.5 Å². The molecule has 1 N–H and O–H groups in total. The van der Waals surface area contributed by atoms with Gasteiger partial charge in [-0.1, -0.05) is 23.2 Å². The number of pyridine rings is 1. The number of nitrogens with zero attached hydrogens (tertiary/aromatic N) is 1. The third-order valence-corrected chi connectivity index (χ3v) is 2.80. The predicted molar refractivity (Wildman–Crippen MR) is 59.4 cm³/mol. The first-order valence-electron chi connectivity index (χ1n) is 4.36. The summed E-state index contributed by atoms with van der Waals surface area (Å²) in [5, 5.41) is 9.78. The Hall–Kier alpha value is -0.800. The average Bonchev–Trinajstić information content (AvgIpc) is 2.11. The Labute approximate surface area is 98.0 Å². The fourth-order valence-electron chi connectivity index (χ4n) is 1.12. The van der Waals surface area contributed by atoms with Crippen LogP contribution < -0.4 is 0 Å². The van der Waals surface area contributed by atoms with E-state index in [1.807, 2.05) is 0 Å². The van der Waals surface area contributed by atoms with Gasteiger partial charge in [0.2, 0.25) is 0 Å². The molecule has 1 aromatic heterocycles. The van der Waals surface area contributed by atoms with Crippen molar-refractivity contribution >= 4 is 29.2 Å². The van der Waals surface area contributed by atoms with Crippen LogP contribution in [0.5, 0.6) is 0 Å². The van der Waals surface area contributed by atoms with E-state index in [9.17, 15) is 4.79 Å². The highest BCUT2D eigenvalue weighted by molar-refractivity contribution is 6.35. The van der Waals surface area contributed by atoms with Crippen molar-refractivity contribution in [1.82, 2.24) is 4.98 Å². The van der Waals surface area contributed by atoms with Crippen LogP contribution in [0.4, 0.5) is 0 Å². The summed E-state index contributed by atoms with van der Waals surface area (Å²) in [6.45, 7) is 3.25. The molecule has 0 aliphatic carbocycles. The Morgan fingerprint density at radius 1 is 1.40 bits per heavy atom. The highest BCUT2D eigenvalue weighted by atomic mass is 35.5. The highest BCUT2D eigenvalue weighted by Crippen LogP contribution is 2.30. The minimum Gasteiger partial charge on any atom is -0.481 e. The molecule has 1 aromatic rings. The van der Waals surface area contributed by atoms with Crippen molar-refractivity contribution in [3.8, 4) is 0 Å². The van der Waals surface area contributed by atoms with Crippen molar-refractivity contribution in [1.29, 1.82) is 0 Å². The molecule has 0 aliphatic heterocycles. The zero-order chi connectivity index (χ0) is 11.6. The number of carboxylic acid groups (broad SMARTS) is 1. The van der Waals surface area contributed by atoms with Crippen LogP contribution >= 0.6 is 23.2 Å². The number of aromatic nitrogens is 1. The standard InChI is InChI=1S/C10H11Cl2NO2/c1-10(2,9(14)15)3-6-7(11)4-13-5-8(6)12/h4-5H,3H2,1-2H3,(H,14,15). The summed E-state index contributed by atoms with van der Waals surface area (Å²) in [4.78, 5) is 14.8. The average molecular weight is 248 g/mol. The second-order valence-electron chi connectivity index (χ2n) is 3.95. The maximum Gasteiger partial charge on any atom is 0.309 e. The Morgan fingerprint density at radius 3 is 2.27 bits per heavy atom. The van der Waals surface area contributed by atoms with E-state index in [4.69, 9.17) is 28.3 Å². The van der Waals surface area contributed by atoms with Crippen LogP contribution in [0.25, 0.3) is 0 Å². The molecule has 82 valence electrons. The van der Waals surface area contributed by atoms with E-state index in [1.54, 1.807) is 13.8 Å². The smallest absolute Gasteiger partial charge is 0.309 e. The normalized spacial score (nSPS) is 11.5. The van der Waals surface area contributed by atoms with E-state index < -0.39 is 11.4 Å². The third kappa shape index (κ3) is 2.83. The topological polar surface area (TPSA) is 50.2 Å². The first-order valence-corrected chi connectivity index (χ1v) is 5.11. The van der Waals surface area contributed by atoms with Crippen LogP contribution in [0.15, 0.2) is 12.4 Å². The lowest BCUT2D eigenvalue weighted by molar-refractivity contribution is -0.146. The third-order valence-electron chi connectivity index (χ3n) is 2.15. The van der Waals surface area contributed by atoms with E-state index in [2.05, 4.69) is 4.98 Å². The lowest BCUT2D eigenvalue weighted by Crippen LogP contribution is -2.26. The molecular weight excluding hydrogens is 237 g/mol. The van der Waals surface area contributed by atoms with E-state index in [0.717, 1.165) is 0 Å². The van der Waals surface area contributed by atoms with Gasteiger partial charge in [0.25, 0.3) is 0 Å². The van der Waals surface area contributed by atoms with E-state index in [1.165, 1.54) is 12.4 Å². The number of carbonyl (C=O) groups is 1. The summed E-state index contributed by atoms with van der Waals surface area (Å²) >= 11 is 11.8. The molecule has 0 radical (unpaired) electrons. The fraction of sp³-hybridized carbons (Fsp3) is 0.400. The zero-order valence-electron chi connectivity index (χ0n) is 8.42. The molecule has 1 rings (SSSR count). The SMILES string of the molecule is CC(C)(Cc1c(Cl)cncc1Cl)C(=O)O. The summed E-state index contributed by atoms with van der Waals surface area (Å²) in [6.07, 6.45) is 3.20. The number of rotatable bonds is 3. The minimum atomic E-state index is -0.894. The lowest BCUT2D eigenvalue weighted by Gasteiger charge is -2.20. The second kappa shape index (κ2) is 4.37. The van der Waals surface area contributed by atoms with Crippen LogP contribution in [0, 0.1) is 5.41 Å². The molecular formula is C10H11Cl2NO2. The molecule has 0 atom stereocenters. The molecule has 5 heteroatoms. The largest absolute Gasteiger partial charge is 0.481 e. The van der Waals surface area contributed by atoms with Gasteiger partial charge in [0.1, 0.15) is 0 Å². The van der Waals surface area contributed by atoms with Crippen molar-refractivity contribution < 1.29 is 9.90 Å². The molecule has 0 saturated carbocycles. The van der Waals surface area contributed by atoms with Gasteiger partial charge in [0, 0.05) is 12.4 Å². The van der Waals surface area contributed by atoms with Crippen molar-refractivity contribution in [2.45, 2.75) is 20.3 Å². The quantitative estimate of drug-likeness (QED) is 0.894. The summed E-state index contributed by atoms with van der Waals surface area (Å²) < 4.78 is 0. The van der Waals surface area contributed by atoms with Gasteiger partial charge in [-0.15, -0.1) is 0 Å². The van der Waals surface area contributed by atoms with Gasteiger partial charge in [0.15, 0.2) is 0 Å². The second-order valence-corrected chi connectivity index (χ2v) is 4.76. The van der Waals surface area contributed by atoms with Gasteiger partial charge in [-0.2, -0.15) is 0 Å².